The van der Waals surface area contributed by atoms with Gasteiger partial charge in [-0.25, -0.2) is 4.79 Å². The van der Waals surface area contributed by atoms with Crippen molar-refractivity contribution in [2.75, 3.05) is 12.4 Å². The number of nitrogens with zero attached hydrogens (tertiary/aromatic N) is 1. The lowest BCUT2D eigenvalue weighted by Gasteiger charge is -2.20. The first-order valence-corrected chi connectivity index (χ1v) is 7.40. The van der Waals surface area contributed by atoms with E-state index in [0.29, 0.717) is 6.54 Å². The Morgan fingerprint density at radius 1 is 1.14 bits per heavy atom. The van der Waals surface area contributed by atoms with Crippen molar-refractivity contribution in [3.63, 3.8) is 0 Å². The van der Waals surface area contributed by atoms with Crippen LogP contribution in [0, 0.1) is 6.92 Å². The summed E-state index contributed by atoms with van der Waals surface area (Å²) in [6, 6.07) is 12.9. The molecule has 4 nitrogen and oxygen atoms in total. The van der Waals surface area contributed by atoms with E-state index in [1.165, 1.54) is 0 Å². The van der Waals surface area contributed by atoms with Crippen LogP contribution >= 0.6 is 0 Å². The van der Waals surface area contributed by atoms with Crippen LogP contribution in [0.25, 0.3) is 0 Å². The van der Waals surface area contributed by atoms with Crippen molar-refractivity contribution in [1.82, 2.24) is 4.90 Å². The molecule has 0 heterocycles. The van der Waals surface area contributed by atoms with E-state index in [4.69, 9.17) is 0 Å². The molecule has 2 amide bonds. The minimum Gasteiger partial charge on any atom is -0.508 e. The number of phenolic OH excluding ortho intramolecular Hbond substituents is 1. The maximum atomic E-state index is 12.4. The maximum Gasteiger partial charge on any atom is 0.321 e. The number of carbonyl (C=O) groups is 1. The Balaban J connectivity index is 2.11. The summed E-state index contributed by atoms with van der Waals surface area (Å²) in [5.74, 6) is 0.201. The number of aryl methyl sites for hydroxylation is 2. The fourth-order valence-corrected chi connectivity index (χ4v) is 2.38. The molecule has 0 saturated carbocycles. The third-order valence-electron chi connectivity index (χ3n) is 3.72. The number of rotatable bonds is 4. The van der Waals surface area contributed by atoms with Gasteiger partial charge in [0, 0.05) is 18.3 Å². The smallest absolute Gasteiger partial charge is 0.321 e. The predicted octanol–water partition coefficient (Wildman–Crippen LogP) is 3.93. The van der Waals surface area contributed by atoms with Gasteiger partial charge in [0.25, 0.3) is 0 Å². The van der Waals surface area contributed by atoms with Gasteiger partial charge in [0.1, 0.15) is 5.75 Å². The molecule has 0 aliphatic rings. The van der Waals surface area contributed by atoms with Crippen molar-refractivity contribution in [3.05, 3.63) is 59.2 Å². The van der Waals surface area contributed by atoms with E-state index >= 15 is 0 Å². The van der Waals surface area contributed by atoms with E-state index < -0.39 is 0 Å². The van der Waals surface area contributed by atoms with Gasteiger partial charge in [-0.1, -0.05) is 43.3 Å². The number of nitrogens with one attached hydrogen (secondary N) is 1. The van der Waals surface area contributed by atoms with E-state index in [-0.39, 0.29) is 11.8 Å². The molecule has 0 aliphatic carbocycles. The van der Waals surface area contributed by atoms with Crippen molar-refractivity contribution < 1.29 is 9.90 Å². The zero-order valence-electron chi connectivity index (χ0n) is 13.3. The van der Waals surface area contributed by atoms with Gasteiger partial charge in [0.05, 0.1) is 6.54 Å². The number of hydrogen-bond donors (Lipinski definition) is 2. The lowest BCUT2D eigenvalue weighted by Crippen LogP contribution is -2.31. The van der Waals surface area contributed by atoms with E-state index in [0.717, 1.165) is 28.8 Å². The molecule has 2 aromatic rings. The average molecular weight is 298 g/mol. The Labute approximate surface area is 131 Å². The summed E-state index contributed by atoms with van der Waals surface area (Å²) in [5, 5.41) is 12.8. The molecule has 2 aromatic carbocycles. The molecule has 0 saturated heterocycles. The van der Waals surface area contributed by atoms with Crippen molar-refractivity contribution in [2.45, 2.75) is 26.8 Å². The van der Waals surface area contributed by atoms with Gasteiger partial charge in [-0.3, -0.25) is 0 Å². The van der Waals surface area contributed by atoms with Gasteiger partial charge in [-0.2, -0.15) is 0 Å². The van der Waals surface area contributed by atoms with E-state index in [1.807, 2.05) is 37.3 Å². The SMILES string of the molecule is CCc1cccc(C)c1NC(=O)N(C)Cc1ccccc1O. The fraction of sp³-hybridized carbons (Fsp3) is 0.278. The molecule has 4 heteroatoms. The minimum absolute atomic E-state index is 0.188. The van der Waals surface area contributed by atoms with Crippen LogP contribution in [0.15, 0.2) is 42.5 Å². The van der Waals surface area contributed by atoms with Gasteiger partial charge in [-0.15, -0.1) is 0 Å². The number of anilines is 1. The Hall–Kier alpha value is -2.49. The predicted molar refractivity (Wildman–Crippen MR) is 89.1 cm³/mol. The third kappa shape index (κ3) is 3.58. The number of hydrogen-bond acceptors (Lipinski definition) is 2. The Morgan fingerprint density at radius 3 is 2.50 bits per heavy atom. The molecule has 0 bridgehead atoms. The summed E-state index contributed by atoms with van der Waals surface area (Å²) in [7, 11) is 1.71. The molecule has 0 fully saturated rings. The van der Waals surface area contributed by atoms with Crippen LogP contribution in [-0.2, 0) is 13.0 Å². The number of benzene rings is 2. The molecule has 0 aromatic heterocycles. The first-order valence-electron chi connectivity index (χ1n) is 7.40. The highest BCUT2D eigenvalue weighted by atomic mass is 16.3. The fourth-order valence-electron chi connectivity index (χ4n) is 2.38. The molecule has 0 aliphatic heterocycles. The minimum atomic E-state index is -0.188. The lowest BCUT2D eigenvalue weighted by atomic mass is 10.1. The van der Waals surface area contributed by atoms with Gasteiger partial charge in [0.15, 0.2) is 0 Å². The van der Waals surface area contributed by atoms with Crippen molar-refractivity contribution in [1.29, 1.82) is 0 Å². The van der Waals surface area contributed by atoms with E-state index in [9.17, 15) is 9.90 Å². The van der Waals surface area contributed by atoms with E-state index in [2.05, 4.69) is 12.2 Å². The molecule has 0 radical (unpaired) electrons. The van der Waals surface area contributed by atoms with Crippen LogP contribution in [-0.4, -0.2) is 23.1 Å². The molecule has 2 rings (SSSR count). The van der Waals surface area contributed by atoms with Crippen LogP contribution in [0.4, 0.5) is 10.5 Å². The third-order valence-corrected chi connectivity index (χ3v) is 3.72. The molecular weight excluding hydrogens is 276 g/mol. The Kier molecular flexibility index (Phi) is 5.04. The van der Waals surface area contributed by atoms with Gasteiger partial charge in [-0.05, 0) is 30.5 Å². The summed E-state index contributed by atoms with van der Waals surface area (Å²) >= 11 is 0. The van der Waals surface area contributed by atoms with Crippen LogP contribution in [0.5, 0.6) is 5.75 Å². The second kappa shape index (κ2) is 6.98. The molecule has 2 N–H and O–H groups in total. The number of carbonyl (C=O) groups excluding carboxylic acids is 1. The molecule has 0 atom stereocenters. The summed E-state index contributed by atoms with van der Waals surface area (Å²) < 4.78 is 0. The number of phenols is 1. The second-order valence-corrected chi connectivity index (χ2v) is 5.38. The van der Waals surface area contributed by atoms with E-state index in [1.54, 1.807) is 24.1 Å². The van der Waals surface area contributed by atoms with Crippen LogP contribution < -0.4 is 5.32 Å². The first-order chi connectivity index (χ1) is 10.5. The number of aromatic hydroxyl groups is 1. The number of amides is 2. The van der Waals surface area contributed by atoms with Crippen molar-refractivity contribution >= 4 is 11.7 Å². The average Bonchev–Trinajstić information content (AvgIpc) is 2.51. The molecule has 22 heavy (non-hydrogen) atoms. The summed E-state index contributed by atoms with van der Waals surface area (Å²) in [5.41, 5.74) is 3.76. The normalized spacial score (nSPS) is 10.3. The monoisotopic (exact) mass is 298 g/mol. The summed E-state index contributed by atoms with van der Waals surface area (Å²) in [4.78, 5) is 13.9. The topological polar surface area (TPSA) is 52.6 Å². The standard InChI is InChI=1S/C18H22N2O2/c1-4-14-10-7-8-13(2)17(14)19-18(22)20(3)12-15-9-5-6-11-16(15)21/h5-11,21H,4,12H2,1-3H3,(H,19,22). The highest BCUT2D eigenvalue weighted by Crippen LogP contribution is 2.22. The molecule has 116 valence electrons. The summed E-state index contributed by atoms with van der Waals surface area (Å²) in [6.07, 6.45) is 0.862. The van der Waals surface area contributed by atoms with Crippen molar-refractivity contribution in [2.24, 2.45) is 0 Å². The van der Waals surface area contributed by atoms with Gasteiger partial charge >= 0.3 is 6.03 Å². The zero-order valence-corrected chi connectivity index (χ0v) is 13.3. The molecule has 0 spiro atoms. The highest BCUT2D eigenvalue weighted by Gasteiger charge is 2.14. The number of para-hydroxylation sites is 2. The van der Waals surface area contributed by atoms with Crippen LogP contribution in [0.3, 0.4) is 0 Å². The zero-order chi connectivity index (χ0) is 16.1. The molecular formula is C18H22N2O2. The highest BCUT2D eigenvalue weighted by molar-refractivity contribution is 5.91. The number of urea groups is 1. The first kappa shape index (κ1) is 15.9. The second-order valence-electron chi connectivity index (χ2n) is 5.38. The van der Waals surface area contributed by atoms with Crippen LogP contribution in [0.2, 0.25) is 0 Å². The maximum absolute atomic E-state index is 12.4. The Morgan fingerprint density at radius 2 is 1.82 bits per heavy atom. The van der Waals surface area contributed by atoms with Gasteiger partial charge < -0.3 is 15.3 Å². The van der Waals surface area contributed by atoms with Crippen molar-refractivity contribution in [3.8, 4) is 5.75 Å². The van der Waals surface area contributed by atoms with Gasteiger partial charge in [0.2, 0.25) is 0 Å². The quantitative estimate of drug-likeness (QED) is 0.898. The summed E-state index contributed by atoms with van der Waals surface area (Å²) in [6.45, 7) is 4.40. The molecule has 0 unspecified atom stereocenters. The lowest BCUT2D eigenvalue weighted by molar-refractivity contribution is 0.220. The Bertz CT molecular complexity index is 668. The van der Waals surface area contributed by atoms with Crippen LogP contribution in [0.1, 0.15) is 23.6 Å². The largest absolute Gasteiger partial charge is 0.508 e.